The number of nitrogens with zero attached hydrogens (tertiary/aromatic N) is 1. The van der Waals surface area contributed by atoms with E-state index in [4.69, 9.17) is 16.6 Å². The van der Waals surface area contributed by atoms with Crippen molar-refractivity contribution in [1.29, 1.82) is 0 Å². The van der Waals surface area contributed by atoms with Crippen molar-refractivity contribution in [3.8, 4) is 11.3 Å². The van der Waals surface area contributed by atoms with Crippen LogP contribution in [0.5, 0.6) is 0 Å². The van der Waals surface area contributed by atoms with Gasteiger partial charge in [-0.25, -0.2) is 0 Å². The number of thiocarbonyl (C=S) groups is 1. The number of hydrogen-bond acceptors (Lipinski definition) is 5. The topological polar surface area (TPSA) is 70.8 Å². The lowest BCUT2D eigenvalue weighted by Crippen LogP contribution is -2.42. The zero-order valence-corrected chi connectivity index (χ0v) is 20.7. The predicted octanol–water partition coefficient (Wildman–Crippen LogP) is 6.38. The van der Waals surface area contributed by atoms with E-state index in [0.717, 1.165) is 30.6 Å². The van der Waals surface area contributed by atoms with E-state index in [2.05, 4.69) is 24.3 Å². The van der Waals surface area contributed by atoms with Crippen molar-refractivity contribution in [1.82, 2.24) is 4.90 Å². The molecule has 2 aromatic carbocycles. The highest BCUT2D eigenvalue weighted by molar-refractivity contribution is 8.26. The van der Waals surface area contributed by atoms with E-state index in [1.54, 1.807) is 11.0 Å². The molecule has 1 aliphatic carbocycles. The van der Waals surface area contributed by atoms with Gasteiger partial charge in [-0.1, -0.05) is 85.0 Å². The quantitative estimate of drug-likeness (QED) is 0.311. The van der Waals surface area contributed by atoms with Crippen LogP contribution in [-0.4, -0.2) is 32.2 Å². The van der Waals surface area contributed by atoms with E-state index in [-0.39, 0.29) is 11.9 Å². The number of carbonyl (C=O) groups is 2. The Bertz CT molecular complexity index is 1280. The lowest BCUT2D eigenvalue weighted by Gasteiger charge is -2.32. The van der Waals surface area contributed by atoms with E-state index >= 15 is 0 Å². The van der Waals surface area contributed by atoms with E-state index in [1.807, 2.05) is 42.5 Å². The number of benzene rings is 2. The van der Waals surface area contributed by atoms with Gasteiger partial charge in [-0.05, 0) is 48.9 Å². The van der Waals surface area contributed by atoms with Crippen LogP contribution in [0.4, 0.5) is 0 Å². The summed E-state index contributed by atoms with van der Waals surface area (Å²) in [7, 11) is 0. The second-order valence-electron chi connectivity index (χ2n) is 8.97. The highest BCUT2D eigenvalue weighted by atomic mass is 32.2. The largest absolute Gasteiger partial charge is 0.481 e. The van der Waals surface area contributed by atoms with Gasteiger partial charge in [-0.3, -0.25) is 14.5 Å². The Balaban J connectivity index is 1.28. The molecular weight excluding hydrogens is 478 g/mol. The molecule has 2 heterocycles. The summed E-state index contributed by atoms with van der Waals surface area (Å²) in [6.07, 6.45) is 5.25. The molecule has 0 spiro atoms. The normalized spacial score (nSPS) is 21.6. The monoisotopic (exact) mass is 503 g/mol. The van der Waals surface area contributed by atoms with Crippen LogP contribution in [-0.2, 0) is 16.0 Å². The van der Waals surface area contributed by atoms with Gasteiger partial charge in [0.1, 0.15) is 15.8 Å². The van der Waals surface area contributed by atoms with Crippen molar-refractivity contribution in [2.45, 2.75) is 38.1 Å². The van der Waals surface area contributed by atoms with Gasteiger partial charge in [0.15, 0.2) is 0 Å². The van der Waals surface area contributed by atoms with Gasteiger partial charge in [0.2, 0.25) is 0 Å². The van der Waals surface area contributed by atoms with Gasteiger partial charge in [-0.2, -0.15) is 0 Å². The number of rotatable bonds is 6. The van der Waals surface area contributed by atoms with Gasteiger partial charge in [0, 0.05) is 17.7 Å². The molecule has 2 atom stereocenters. The minimum atomic E-state index is -0.799. The van der Waals surface area contributed by atoms with Crippen LogP contribution >= 0.6 is 24.0 Å². The first-order chi connectivity index (χ1) is 17.0. The number of carboxylic acid groups (broad SMARTS) is 1. The molecule has 2 fully saturated rings. The van der Waals surface area contributed by atoms with Crippen molar-refractivity contribution in [3.05, 3.63) is 88.5 Å². The summed E-state index contributed by atoms with van der Waals surface area (Å²) in [6.45, 7) is 0. The third kappa shape index (κ3) is 5.26. The number of furan rings is 1. The fourth-order valence-corrected chi connectivity index (χ4v) is 6.13. The smallest absolute Gasteiger partial charge is 0.306 e. The molecule has 1 amide bonds. The van der Waals surface area contributed by atoms with Crippen LogP contribution in [0, 0.1) is 5.92 Å². The standard InChI is InChI=1S/C28H25NO4S2/c30-26-25(35-28(34)29(26)22-8-4-7-21(16-22)27(31)32)17-23-13-14-24(33-23)20-11-9-19(10-12-20)15-18-5-2-1-3-6-18/h1-3,5-6,9-14,17,21-22H,4,7-8,15-16H2,(H,31,32)/b25-17+. The number of aliphatic carboxylic acids is 1. The average Bonchev–Trinajstić information content (AvgIpc) is 3.44. The molecule has 7 heteroatoms. The van der Waals surface area contributed by atoms with Crippen LogP contribution in [0.3, 0.4) is 0 Å². The zero-order valence-electron chi connectivity index (χ0n) is 19.1. The minimum absolute atomic E-state index is 0.162. The maximum Gasteiger partial charge on any atom is 0.306 e. The Labute approximate surface area is 213 Å². The summed E-state index contributed by atoms with van der Waals surface area (Å²) in [4.78, 5) is 26.7. The first-order valence-electron chi connectivity index (χ1n) is 11.7. The molecule has 0 bridgehead atoms. The van der Waals surface area contributed by atoms with Crippen LogP contribution in [0.25, 0.3) is 17.4 Å². The summed E-state index contributed by atoms with van der Waals surface area (Å²) in [6, 6.07) is 22.2. The molecule has 1 aromatic heterocycles. The average molecular weight is 504 g/mol. The Kier molecular flexibility index (Phi) is 6.88. The maximum atomic E-state index is 13.1. The number of carboxylic acids is 1. The first-order valence-corrected chi connectivity index (χ1v) is 12.9. The van der Waals surface area contributed by atoms with Gasteiger partial charge in [0.05, 0.1) is 10.8 Å². The third-order valence-corrected chi connectivity index (χ3v) is 7.90. The van der Waals surface area contributed by atoms with Crippen LogP contribution in [0.2, 0.25) is 0 Å². The molecule has 2 unspecified atom stereocenters. The van der Waals surface area contributed by atoms with E-state index in [1.165, 1.54) is 22.9 Å². The summed E-state index contributed by atoms with van der Waals surface area (Å²) in [5.74, 6) is -0.0734. The molecule has 5 rings (SSSR count). The van der Waals surface area contributed by atoms with E-state index in [0.29, 0.717) is 27.8 Å². The molecule has 178 valence electrons. The van der Waals surface area contributed by atoms with E-state index < -0.39 is 11.9 Å². The van der Waals surface area contributed by atoms with Gasteiger partial charge in [-0.15, -0.1) is 0 Å². The molecule has 5 nitrogen and oxygen atoms in total. The van der Waals surface area contributed by atoms with Gasteiger partial charge >= 0.3 is 5.97 Å². The Morgan fingerprint density at radius 3 is 2.54 bits per heavy atom. The molecule has 1 saturated carbocycles. The molecule has 0 radical (unpaired) electrons. The number of amides is 1. The van der Waals surface area contributed by atoms with Crippen molar-refractivity contribution < 1.29 is 19.1 Å². The maximum absolute atomic E-state index is 13.1. The predicted molar refractivity (Wildman–Crippen MR) is 142 cm³/mol. The Hall–Kier alpha value is -3.16. The van der Waals surface area contributed by atoms with Crippen LogP contribution in [0.1, 0.15) is 42.6 Å². The molecule has 1 saturated heterocycles. The van der Waals surface area contributed by atoms with Crippen molar-refractivity contribution in [3.63, 3.8) is 0 Å². The van der Waals surface area contributed by atoms with Crippen molar-refractivity contribution in [2.24, 2.45) is 5.92 Å². The lowest BCUT2D eigenvalue weighted by atomic mass is 9.85. The summed E-state index contributed by atoms with van der Waals surface area (Å²) >= 11 is 6.74. The van der Waals surface area contributed by atoms with Crippen LogP contribution < -0.4 is 0 Å². The zero-order chi connectivity index (χ0) is 24.4. The highest BCUT2D eigenvalue weighted by Gasteiger charge is 2.40. The minimum Gasteiger partial charge on any atom is -0.481 e. The van der Waals surface area contributed by atoms with Crippen molar-refractivity contribution >= 4 is 46.3 Å². The third-order valence-electron chi connectivity index (χ3n) is 6.57. The number of thioether (sulfide) groups is 1. The van der Waals surface area contributed by atoms with Gasteiger partial charge < -0.3 is 9.52 Å². The SMILES string of the molecule is O=C(O)C1CCCC(N2C(=O)/C(=C\c3ccc(-c4ccc(Cc5ccccc5)cc4)o3)SC2=S)C1. The molecule has 1 N–H and O–H groups in total. The fraction of sp³-hybridized carbons (Fsp3) is 0.250. The summed E-state index contributed by atoms with van der Waals surface area (Å²) < 4.78 is 6.51. The molecular formula is C28H25NO4S2. The molecule has 2 aliphatic rings. The molecule has 35 heavy (non-hydrogen) atoms. The van der Waals surface area contributed by atoms with E-state index in [9.17, 15) is 14.7 Å². The first kappa shape index (κ1) is 23.6. The number of carbonyl (C=O) groups excluding carboxylic acids is 1. The highest BCUT2D eigenvalue weighted by Crippen LogP contribution is 2.39. The molecule has 3 aromatic rings. The second kappa shape index (κ2) is 10.2. The second-order valence-corrected chi connectivity index (χ2v) is 10.6. The Morgan fingerprint density at radius 2 is 1.80 bits per heavy atom. The fourth-order valence-electron chi connectivity index (χ4n) is 4.75. The Morgan fingerprint density at radius 1 is 1.06 bits per heavy atom. The van der Waals surface area contributed by atoms with Crippen LogP contribution in [0.15, 0.2) is 76.1 Å². The van der Waals surface area contributed by atoms with Crippen molar-refractivity contribution in [2.75, 3.05) is 0 Å². The summed E-state index contributed by atoms with van der Waals surface area (Å²) in [5.41, 5.74) is 3.46. The molecule has 1 aliphatic heterocycles. The lowest BCUT2D eigenvalue weighted by molar-refractivity contribution is -0.144. The summed E-state index contributed by atoms with van der Waals surface area (Å²) in [5, 5.41) is 9.39. The number of hydrogen-bond donors (Lipinski definition) is 1. The van der Waals surface area contributed by atoms with Gasteiger partial charge in [0.25, 0.3) is 5.91 Å².